The molecule has 0 saturated carbocycles. The molecule has 0 aliphatic rings. The van der Waals surface area contributed by atoms with E-state index >= 15 is 0 Å². The first kappa shape index (κ1) is 15.0. The van der Waals surface area contributed by atoms with Gasteiger partial charge in [0.15, 0.2) is 0 Å². The minimum absolute atomic E-state index is 0. The van der Waals surface area contributed by atoms with Crippen molar-refractivity contribution in [1.29, 1.82) is 0 Å². The fourth-order valence-corrected chi connectivity index (χ4v) is 2.04. The summed E-state index contributed by atoms with van der Waals surface area (Å²) in [7, 11) is 0. The summed E-state index contributed by atoms with van der Waals surface area (Å²) in [6, 6.07) is 10.3. The lowest BCUT2D eigenvalue weighted by molar-refractivity contribution is 0.628. The lowest BCUT2D eigenvalue weighted by Crippen LogP contribution is -1.99. The average Bonchev–Trinajstić information content (AvgIpc) is 2.32. The third-order valence-corrected chi connectivity index (χ3v) is 3.03. The van der Waals surface area contributed by atoms with Gasteiger partial charge in [-0.1, -0.05) is 35.4 Å². The quantitative estimate of drug-likeness (QED) is 0.873. The third-order valence-electron chi connectivity index (χ3n) is 2.70. The summed E-state index contributed by atoms with van der Waals surface area (Å²) in [6.07, 6.45) is 0. The van der Waals surface area contributed by atoms with Gasteiger partial charge in [0, 0.05) is 17.1 Å². The lowest BCUT2D eigenvalue weighted by atomic mass is 9.97. The highest BCUT2D eigenvalue weighted by atomic mass is 35.5. The van der Waals surface area contributed by atoms with Gasteiger partial charge in [-0.25, -0.2) is 4.39 Å². The average molecular weight is 286 g/mol. The predicted octanol–water partition coefficient (Wildman–Crippen LogP) is 4.34. The molecule has 0 amide bonds. The van der Waals surface area contributed by atoms with Gasteiger partial charge in [-0.15, -0.1) is 12.4 Å². The Bertz CT molecular complexity index is 555. The standard InChI is InChI=1S/C14H13ClFN.ClH/c1-9-2-3-10(8-17)12(6-9)13-7-11(16)4-5-14(13)15;/h2-7H,8,17H2,1H3;1H. The van der Waals surface area contributed by atoms with Crippen LogP contribution in [0, 0.1) is 12.7 Å². The maximum Gasteiger partial charge on any atom is 0.123 e. The van der Waals surface area contributed by atoms with E-state index in [4.69, 9.17) is 17.3 Å². The van der Waals surface area contributed by atoms with Crippen molar-refractivity contribution in [3.63, 3.8) is 0 Å². The predicted molar refractivity (Wildman–Crippen MR) is 76.7 cm³/mol. The molecule has 0 fully saturated rings. The molecule has 0 saturated heterocycles. The SMILES string of the molecule is Cc1ccc(CN)c(-c2cc(F)ccc2Cl)c1.Cl. The van der Waals surface area contributed by atoms with E-state index < -0.39 is 0 Å². The fraction of sp³-hybridized carbons (Fsp3) is 0.143. The molecule has 0 aliphatic carbocycles. The van der Waals surface area contributed by atoms with E-state index in [0.717, 1.165) is 16.7 Å². The molecule has 0 unspecified atom stereocenters. The largest absolute Gasteiger partial charge is 0.326 e. The zero-order valence-corrected chi connectivity index (χ0v) is 11.5. The summed E-state index contributed by atoms with van der Waals surface area (Å²) >= 11 is 6.10. The highest BCUT2D eigenvalue weighted by Gasteiger charge is 2.09. The van der Waals surface area contributed by atoms with Gasteiger partial charge in [-0.05, 0) is 36.2 Å². The lowest BCUT2D eigenvalue weighted by Gasteiger charge is -2.11. The van der Waals surface area contributed by atoms with Crippen LogP contribution in [0.1, 0.15) is 11.1 Å². The second-order valence-corrected chi connectivity index (χ2v) is 4.40. The molecule has 0 radical (unpaired) electrons. The molecule has 2 rings (SSSR count). The van der Waals surface area contributed by atoms with Crippen LogP contribution >= 0.6 is 24.0 Å². The van der Waals surface area contributed by atoms with E-state index in [1.807, 2.05) is 25.1 Å². The summed E-state index contributed by atoms with van der Waals surface area (Å²) in [6.45, 7) is 2.39. The van der Waals surface area contributed by atoms with Crippen LogP contribution in [0.15, 0.2) is 36.4 Å². The number of nitrogens with two attached hydrogens (primary N) is 1. The minimum Gasteiger partial charge on any atom is -0.326 e. The Morgan fingerprint density at radius 1 is 1.11 bits per heavy atom. The number of hydrogen-bond acceptors (Lipinski definition) is 1. The van der Waals surface area contributed by atoms with Crippen LogP contribution < -0.4 is 5.73 Å². The molecule has 0 bridgehead atoms. The van der Waals surface area contributed by atoms with Crippen LogP contribution in [0.2, 0.25) is 5.02 Å². The summed E-state index contributed by atoms with van der Waals surface area (Å²) in [5.74, 6) is -0.297. The Kier molecular flexibility index (Phi) is 5.15. The zero-order valence-electron chi connectivity index (χ0n) is 9.91. The first-order valence-corrected chi connectivity index (χ1v) is 5.74. The Morgan fingerprint density at radius 2 is 1.83 bits per heavy atom. The van der Waals surface area contributed by atoms with Crippen molar-refractivity contribution < 1.29 is 4.39 Å². The molecule has 2 aromatic carbocycles. The van der Waals surface area contributed by atoms with Crippen LogP contribution in [0.3, 0.4) is 0 Å². The Labute approximate surface area is 117 Å². The highest BCUT2D eigenvalue weighted by molar-refractivity contribution is 6.33. The van der Waals surface area contributed by atoms with Gasteiger partial charge >= 0.3 is 0 Å². The third kappa shape index (κ3) is 3.02. The fourth-order valence-electron chi connectivity index (χ4n) is 1.82. The molecule has 2 N–H and O–H groups in total. The van der Waals surface area contributed by atoms with Crippen LogP contribution in [0.5, 0.6) is 0 Å². The van der Waals surface area contributed by atoms with E-state index in [1.54, 1.807) is 6.07 Å². The maximum atomic E-state index is 13.3. The van der Waals surface area contributed by atoms with Gasteiger partial charge in [0.1, 0.15) is 5.82 Å². The van der Waals surface area contributed by atoms with Gasteiger partial charge < -0.3 is 5.73 Å². The molecule has 2 aromatic rings. The Balaban J connectivity index is 0.00000162. The van der Waals surface area contributed by atoms with Crippen molar-refractivity contribution in [2.75, 3.05) is 0 Å². The number of hydrogen-bond donors (Lipinski definition) is 1. The smallest absolute Gasteiger partial charge is 0.123 e. The van der Waals surface area contributed by atoms with Gasteiger partial charge in [0.25, 0.3) is 0 Å². The molecule has 0 aliphatic heterocycles. The number of halogens is 3. The molecular weight excluding hydrogens is 272 g/mol. The molecule has 1 nitrogen and oxygen atoms in total. The van der Waals surface area contributed by atoms with E-state index in [1.165, 1.54) is 12.1 Å². The summed E-state index contributed by atoms with van der Waals surface area (Å²) in [5, 5.41) is 0.534. The van der Waals surface area contributed by atoms with E-state index in [-0.39, 0.29) is 18.2 Å². The van der Waals surface area contributed by atoms with Crippen molar-refractivity contribution >= 4 is 24.0 Å². The Hall–Kier alpha value is -1.09. The van der Waals surface area contributed by atoms with Crippen LogP contribution in [0.25, 0.3) is 11.1 Å². The van der Waals surface area contributed by atoms with Crippen molar-refractivity contribution in [2.45, 2.75) is 13.5 Å². The summed E-state index contributed by atoms with van der Waals surface area (Å²) in [5.41, 5.74) is 9.34. The van der Waals surface area contributed by atoms with Crippen molar-refractivity contribution in [3.05, 3.63) is 58.4 Å². The molecule has 0 atom stereocenters. The summed E-state index contributed by atoms with van der Waals surface area (Å²) < 4.78 is 13.3. The van der Waals surface area contributed by atoms with E-state index in [2.05, 4.69) is 0 Å². The zero-order chi connectivity index (χ0) is 12.4. The maximum absolute atomic E-state index is 13.3. The van der Waals surface area contributed by atoms with Crippen LogP contribution in [0.4, 0.5) is 4.39 Å². The van der Waals surface area contributed by atoms with Gasteiger partial charge in [-0.2, -0.15) is 0 Å². The summed E-state index contributed by atoms with van der Waals surface area (Å²) in [4.78, 5) is 0. The first-order valence-electron chi connectivity index (χ1n) is 5.37. The van der Waals surface area contributed by atoms with Gasteiger partial charge in [-0.3, -0.25) is 0 Å². The molecule has 0 aromatic heterocycles. The van der Waals surface area contributed by atoms with Crippen molar-refractivity contribution in [2.24, 2.45) is 5.73 Å². The molecule has 96 valence electrons. The van der Waals surface area contributed by atoms with Gasteiger partial charge in [0.05, 0.1) is 0 Å². The second kappa shape index (κ2) is 6.19. The molecule has 4 heteroatoms. The second-order valence-electron chi connectivity index (χ2n) is 3.99. The first-order chi connectivity index (χ1) is 8.11. The normalized spacial score (nSPS) is 10.0. The molecule has 18 heavy (non-hydrogen) atoms. The minimum atomic E-state index is -0.297. The van der Waals surface area contributed by atoms with Crippen LogP contribution in [-0.2, 0) is 6.54 Å². The molecule has 0 heterocycles. The molecule has 0 spiro atoms. The monoisotopic (exact) mass is 285 g/mol. The number of benzene rings is 2. The highest BCUT2D eigenvalue weighted by Crippen LogP contribution is 2.31. The van der Waals surface area contributed by atoms with Crippen LogP contribution in [-0.4, -0.2) is 0 Å². The van der Waals surface area contributed by atoms with Crippen molar-refractivity contribution in [3.8, 4) is 11.1 Å². The van der Waals surface area contributed by atoms with E-state index in [0.29, 0.717) is 17.1 Å². The topological polar surface area (TPSA) is 26.0 Å². The van der Waals surface area contributed by atoms with E-state index in [9.17, 15) is 4.39 Å². The Morgan fingerprint density at radius 3 is 2.50 bits per heavy atom. The number of rotatable bonds is 2. The van der Waals surface area contributed by atoms with Crippen molar-refractivity contribution in [1.82, 2.24) is 0 Å². The molecular formula is C14H14Cl2FN. The van der Waals surface area contributed by atoms with Gasteiger partial charge in [0.2, 0.25) is 0 Å². The number of aryl methyl sites for hydroxylation is 1.